The molecule has 2 rings (SSSR count). The zero-order valence-electron chi connectivity index (χ0n) is 13.5. The van der Waals surface area contributed by atoms with Gasteiger partial charge in [0.1, 0.15) is 5.75 Å². The van der Waals surface area contributed by atoms with Crippen molar-refractivity contribution in [3.05, 3.63) is 28.2 Å². The van der Waals surface area contributed by atoms with Gasteiger partial charge in [-0.25, -0.2) is 0 Å². The van der Waals surface area contributed by atoms with Gasteiger partial charge in [-0.1, -0.05) is 42.3 Å². The molecule has 0 saturated heterocycles. The summed E-state index contributed by atoms with van der Waals surface area (Å²) >= 11 is 3.57. The molecule has 1 N–H and O–H groups in total. The van der Waals surface area contributed by atoms with E-state index < -0.39 is 0 Å². The van der Waals surface area contributed by atoms with Gasteiger partial charge in [0.05, 0.1) is 6.10 Å². The van der Waals surface area contributed by atoms with Gasteiger partial charge in [-0.15, -0.1) is 0 Å². The number of rotatable bonds is 6. The van der Waals surface area contributed by atoms with Crippen LogP contribution in [0.3, 0.4) is 0 Å². The van der Waals surface area contributed by atoms with Crippen molar-refractivity contribution in [1.82, 2.24) is 5.32 Å². The van der Waals surface area contributed by atoms with E-state index in [0.717, 1.165) is 22.7 Å². The first-order valence-electron chi connectivity index (χ1n) is 8.33. The van der Waals surface area contributed by atoms with Gasteiger partial charge in [0.2, 0.25) is 0 Å². The Kier molecular flexibility index (Phi) is 6.56. The van der Waals surface area contributed by atoms with Crippen molar-refractivity contribution >= 4 is 15.9 Å². The molecule has 0 spiro atoms. The van der Waals surface area contributed by atoms with E-state index in [4.69, 9.17) is 4.74 Å². The number of halogens is 1. The maximum Gasteiger partial charge on any atom is 0.125 e. The van der Waals surface area contributed by atoms with Gasteiger partial charge < -0.3 is 10.1 Å². The lowest BCUT2D eigenvalue weighted by Gasteiger charge is -2.29. The number of hydrogen-bond donors (Lipinski definition) is 1. The zero-order chi connectivity index (χ0) is 15.2. The molecule has 1 fully saturated rings. The molecule has 0 amide bonds. The molecule has 118 valence electrons. The second-order valence-electron chi connectivity index (χ2n) is 6.13. The summed E-state index contributed by atoms with van der Waals surface area (Å²) in [6, 6.07) is 6.72. The smallest absolute Gasteiger partial charge is 0.125 e. The molecule has 1 aromatic carbocycles. The molecule has 1 saturated carbocycles. The molecule has 3 heteroatoms. The van der Waals surface area contributed by atoms with Crippen LogP contribution in [0, 0.1) is 5.92 Å². The second-order valence-corrected chi connectivity index (χ2v) is 7.05. The summed E-state index contributed by atoms with van der Waals surface area (Å²) in [7, 11) is 0. The van der Waals surface area contributed by atoms with Crippen molar-refractivity contribution in [2.75, 3.05) is 6.54 Å². The molecule has 1 aliphatic rings. The summed E-state index contributed by atoms with van der Waals surface area (Å²) in [6.07, 6.45) is 6.71. The summed E-state index contributed by atoms with van der Waals surface area (Å²) < 4.78 is 7.45. The Hall–Kier alpha value is -0.540. The number of nitrogens with one attached hydrogen (secondary N) is 1. The highest BCUT2D eigenvalue weighted by atomic mass is 79.9. The van der Waals surface area contributed by atoms with E-state index in [1.54, 1.807) is 0 Å². The fourth-order valence-electron chi connectivity index (χ4n) is 3.22. The molecule has 1 aromatic rings. The third-order valence-electron chi connectivity index (χ3n) is 4.62. The van der Waals surface area contributed by atoms with Crippen molar-refractivity contribution < 1.29 is 4.74 Å². The van der Waals surface area contributed by atoms with E-state index in [9.17, 15) is 0 Å². The van der Waals surface area contributed by atoms with Gasteiger partial charge in [-0.05, 0) is 57.2 Å². The molecule has 0 aliphatic heterocycles. The zero-order valence-corrected chi connectivity index (χ0v) is 15.1. The van der Waals surface area contributed by atoms with E-state index in [0.29, 0.717) is 12.1 Å². The van der Waals surface area contributed by atoms with Crippen LogP contribution in [0.4, 0.5) is 0 Å². The van der Waals surface area contributed by atoms with E-state index in [2.05, 4.69) is 60.2 Å². The summed E-state index contributed by atoms with van der Waals surface area (Å²) in [5.41, 5.74) is 1.26. The van der Waals surface area contributed by atoms with Gasteiger partial charge in [0, 0.05) is 16.1 Å². The average molecular weight is 354 g/mol. The number of ether oxygens (including phenoxy) is 1. The highest BCUT2D eigenvalue weighted by Crippen LogP contribution is 2.33. The summed E-state index contributed by atoms with van der Waals surface area (Å²) in [4.78, 5) is 0. The summed E-state index contributed by atoms with van der Waals surface area (Å²) in [5.74, 6) is 1.95. The van der Waals surface area contributed by atoms with Crippen LogP contribution in [-0.4, -0.2) is 12.6 Å². The fraction of sp³-hybridized carbons (Fsp3) is 0.667. The number of benzene rings is 1. The Morgan fingerprint density at radius 2 is 1.95 bits per heavy atom. The van der Waals surface area contributed by atoms with Crippen LogP contribution >= 0.6 is 15.9 Å². The third-order valence-corrected chi connectivity index (χ3v) is 5.11. The minimum absolute atomic E-state index is 0.324. The van der Waals surface area contributed by atoms with Crippen LogP contribution in [0.25, 0.3) is 0 Å². The molecular formula is C18H28BrNO. The molecule has 0 heterocycles. The first-order valence-corrected chi connectivity index (χ1v) is 9.12. The van der Waals surface area contributed by atoms with Crippen molar-refractivity contribution in [3.63, 3.8) is 0 Å². The molecular weight excluding hydrogens is 326 g/mol. The van der Waals surface area contributed by atoms with E-state index in [1.807, 2.05) is 0 Å². The largest absolute Gasteiger partial charge is 0.490 e. The van der Waals surface area contributed by atoms with Crippen LogP contribution in [0.1, 0.15) is 64.5 Å². The Bertz CT molecular complexity index is 441. The molecule has 2 nitrogen and oxygen atoms in total. The molecule has 21 heavy (non-hydrogen) atoms. The highest BCUT2D eigenvalue weighted by molar-refractivity contribution is 9.10. The van der Waals surface area contributed by atoms with Crippen molar-refractivity contribution in [3.8, 4) is 5.75 Å². The fourth-order valence-corrected chi connectivity index (χ4v) is 3.56. The van der Waals surface area contributed by atoms with Crippen LogP contribution < -0.4 is 10.1 Å². The standard InChI is InChI=1S/C18H28BrNO/c1-4-14-6-9-16(10-7-14)21-18-12-15(19)8-11-17(18)13(3)20-5-2/h8,11-14,16,20H,4-7,9-10H2,1-3H3. The predicted molar refractivity (Wildman–Crippen MR) is 92.9 cm³/mol. The van der Waals surface area contributed by atoms with E-state index >= 15 is 0 Å². The molecule has 1 unspecified atom stereocenters. The van der Waals surface area contributed by atoms with Crippen LogP contribution in [0.15, 0.2) is 22.7 Å². The molecule has 0 aromatic heterocycles. The SMILES string of the molecule is CCNC(C)c1ccc(Br)cc1OC1CCC(CC)CC1. The van der Waals surface area contributed by atoms with Crippen molar-refractivity contribution in [2.45, 2.75) is 65.0 Å². The van der Waals surface area contributed by atoms with Crippen LogP contribution in [0.2, 0.25) is 0 Å². The lowest BCUT2D eigenvalue weighted by molar-refractivity contribution is 0.128. The van der Waals surface area contributed by atoms with E-state index in [1.165, 1.54) is 37.7 Å². The first-order chi connectivity index (χ1) is 10.1. The topological polar surface area (TPSA) is 21.3 Å². The van der Waals surface area contributed by atoms with Gasteiger partial charge in [-0.3, -0.25) is 0 Å². The molecule has 0 bridgehead atoms. The maximum atomic E-state index is 6.36. The number of hydrogen-bond acceptors (Lipinski definition) is 2. The van der Waals surface area contributed by atoms with Gasteiger partial charge in [-0.2, -0.15) is 0 Å². The van der Waals surface area contributed by atoms with Crippen molar-refractivity contribution in [2.24, 2.45) is 5.92 Å². The lowest BCUT2D eigenvalue weighted by Crippen LogP contribution is -2.25. The second kappa shape index (κ2) is 8.19. The molecule has 0 radical (unpaired) electrons. The first kappa shape index (κ1) is 16.8. The van der Waals surface area contributed by atoms with Gasteiger partial charge in [0.25, 0.3) is 0 Å². The Balaban J connectivity index is 2.06. The Morgan fingerprint density at radius 1 is 1.24 bits per heavy atom. The van der Waals surface area contributed by atoms with Gasteiger partial charge in [0.15, 0.2) is 0 Å². The quantitative estimate of drug-likeness (QED) is 0.732. The highest BCUT2D eigenvalue weighted by Gasteiger charge is 2.22. The summed E-state index contributed by atoms with van der Waals surface area (Å²) in [6.45, 7) is 7.62. The Labute approximate surface area is 137 Å². The lowest BCUT2D eigenvalue weighted by atomic mass is 9.86. The minimum Gasteiger partial charge on any atom is -0.490 e. The normalized spacial score (nSPS) is 23.8. The predicted octanol–water partition coefficient (Wildman–Crippen LogP) is 5.47. The van der Waals surface area contributed by atoms with Crippen LogP contribution in [-0.2, 0) is 0 Å². The molecule has 1 aliphatic carbocycles. The van der Waals surface area contributed by atoms with Crippen molar-refractivity contribution in [1.29, 1.82) is 0 Å². The van der Waals surface area contributed by atoms with E-state index in [-0.39, 0.29) is 0 Å². The average Bonchev–Trinajstić information content (AvgIpc) is 2.48. The van der Waals surface area contributed by atoms with Crippen LogP contribution in [0.5, 0.6) is 5.75 Å². The Morgan fingerprint density at radius 3 is 2.57 bits per heavy atom. The monoisotopic (exact) mass is 353 g/mol. The van der Waals surface area contributed by atoms with Gasteiger partial charge >= 0.3 is 0 Å². The third kappa shape index (κ3) is 4.72. The molecule has 1 atom stereocenters. The maximum absolute atomic E-state index is 6.36. The summed E-state index contributed by atoms with van der Waals surface area (Å²) in [5, 5.41) is 3.48. The minimum atomic E-state index is 0.324.